The summed E-state index contributed by atoms with van der Waals surface area (Å²) in [6.07, 6.45) is 49.6. The minimum Gasteiger partial charge on any atom is -0.462 e. The first kappa shape index (κ1) is 61.4. The van der Waals surface area contributed by atoms with E-state index in [1.54, 1.807) is 0 Å². The summed E-state index contributed by atoms with van der Waals surface area (Å²) in [7, 11) is 0. The van der Waals surface area contributed by atoms with E-state index < -0.39 is 6.10 Å². The first-order chi connectivity index (χ1) is 30.6. The summed E-state index contributed by atoms with van der Waals surface area (Å²) in [5, 5.41) is 0. The molecular formula is C57H110O6. The Morgan fingerprint density at radius 3 is 0.825 bits per heavy atom. The van der Waals surface area contributed by atoms with Gasteiger partial charge in [-0.25, -0.2) is 0 Å². The van der Waals surface area contributed by atoms with Gasteiger partial charge in [-0.3, -0.25) is 14.4 Å². The Morgan fingerprint density at radius 2 is 0.556 bits per heavy atom. The molecule has 0 rings (SSSR count). The van der Waals surface area contributed by atoms with Crippen molar-refractivity contribution in [1.29, 1.82) is 0 Å². The van der Waals surface area contributed by atoms with Crippen LogP contribution in [0, 0.1) is 17.8 Å². The zero-order valence-electron chi connectivity index (χ0n) is 43.4. The third kappa shape index (κ3) is 49.7. The van der Waals surface area contributed by atoms with Crippen LogP contribution in [0.5, 0.6) is 0 Å². The minimum atomic E-state index is -0.763. The second kappa shape index (κ2) is 48.3. The fourth-order valence-electron chi connectivity index (χ4n) is 8.61. The maximum atomic E-state index is 12.8. The van der Waals surface area contributed by atoms with Crippen LogP contribution in [0.25, 0.3) is 0 Å². The summed E-state index contributed by atoms with van der Waals surface area (Å²) in [6.45, 7) is 13.7. The molecule has 0 bridgehead atoms. The summed E-state index contributed by atoms with van der Waals surface area (Å²) < 4.78 is 16.8. The van der Waals surface area contributed by atoms with Crippen LogP contribution in [-0.2, 0) is 28.6 Å². The van der Waals surface area contributed by atoms with Crippen LogP contribution in [0.4, 0.5) is 0 Å². The lowest BCUT2D eigenvalue weighted by Gasteiger charge is -2.18. The fourth-order valence-corrected chi connectivity index (χ4v) is 8.61. The van der Waals surface area contributed by atoms with Gasteiger partial charge in [-0.1, -0.05) is 273 Å². The van der Waals surface area contributed by atoms with Gasteiger partial charge in [0.2, 0.25) is 0 Å². The molecule has 0 fully saturated rings. The smallest absolute Gasteiger partial charge is 0.306 e. The van der Waals surface area contributed by atoms with Gasteiger partial charge in [-0.15, -0.1) is 0 Å². The van der Waals surface area contributed by atoms with E-state index in [0.29, 0.717) is 19.3 Å². The van der Waals surface area contributed by atoms with Crippen LogP contribution >= 0.6 is 0 Å². The van der Waals surface area contributed by atoms with Crippen molar-refractivity contribution in [1.82, 2.24) is 0 Å². The molecule has 0 amide bonds. The molecule has 0 aromatic rings. The van der Waals surface area contributed by atoms with Crippen molar-refractivity contribution < 1.29 is 28.6 Å². The van der Waals surface area contributed by atoms with Gasteiger partial charge in [0, 0.05) is 19.3 Å². The van der Waals surface area contributed by atoms with Gasteiger partial charge in [0.05, 0.1) is 0 Å². The molecule has 1 unspecified atom stereocenters. The first-order valence-electron chi connectivity index (χ1n) is 28.1. The number of rotatable bonds is 50. The van der Waals surface area contributed by atoms with Crippen molar-refractivity contribution in [3.8, 4) is 0 Å². The molecular weight excluding hydrogens is 781 g/mol. The molecule has 0 aromatic carbocycles. The van der Waals surface area contributed by atoms with Crippen molar-refractivity contribution in [2.24, 2.45) is 17.8 Å². The largest absolute Gasteiger partial charge is 0.462 e. The molecule has 0 aliphatic carbocycles. The third-order valence-corrected chi connectivity index (χ3v) is 13.3. The topological polar surface area (TPSA) is 78.9 Å². The maximum Gasteiger partial charge on any atom is 0.306 e. The molecule has 0 heterocycles. The normalized spacial score (nSPS) is 12.6. The molecule has 2 atom stereocenters. The number of unbranched alkanes of at least 4 members (excludes halogenated alkanes) is 32. The standard InChI is InChI=1S/C57H110O6/c1-7-53(6)45-39-33-27-21-16-14-12-10-8-9-11-13-15-17-23-29-36-42-48-57(60)63-54(50-62-56(59)47-41-35-30-24-26-32-38-44-52(4)5)49-61-55(58)46-40-34-28-22-19-18-20-25-31-37-43-51(2)3/h51-54H,7-50H2,1-6H3/t53?,54-/m1/s1. The summed E-state index contributed by atoms with van der Waals surface area (Å²) in [5.41, 5.74) is 0. The third-order valence-electron chi connectivity index (χ3n) is 13.3. The molecule has 6 heteroatoms. The van der Waals surface area contributed by atoms with E-state index in [4.69, 9.17) is 14.2 Å². The number of hydrogen-bond donors (Lipinski definition) is 0. The zero-order valence-corrected chi connectivity index (χ0v) is 43.4. The lowest BCUT2D eigenvalue weighted by Crippen LogP contribution is -2.30. The maximum absolute atomic E-state index is 12.8. The fraction of sp³-hybridized carbons (Fsp3) is 0.947. The Kier molecular flexibility index (Phi) is 47.1. The Bertz CT molecular complexity index is 978. The number of hydrogen-bond acceptors (Lipinski definition) is 6. The Balaban J connectivity index is 4.21. The van der Waals surface area contributed by atoms with E-state index in [9.17, 15) is 14.4 Å². The molecule has 0 saturated carbocycles. The van der Waals surface area contributed by atoms with Crippen molar-refractivity contribution in [2.75, 3.05) is 13.2 Å². The average molecular weight is 892 g/mol. The summed E-state index contributed by atoms with van der Waals surface area (Å²) >= 11 is 0. The number of ether oxygens (including phenoxy) is 3. The average Bonchev–Trinajstić information content (AvgIpc) is 3.25. The molecule has 63 heavy (non-hydrogen) atoms. The van der Waals surface area contributed by atoms with Crippen LogP contribution in [0.3, 0.4) is 0 Å². The van der Waals surface area contributed by atoms with E-state index in [1.165, 1.54) is 193 Å². The molecule has 0 radical (unpaired) electrons. The van der Waals surface area contributed by atoms with Gasteiger partial charge >= 0.3 is 17.9 Å². The Hall–Kier alpha value is -1.59. The Morgan fingerprint density at radius 1 is 0.317 bits per heavy atom. The molecule has 374 valence electrons. The lowest BCUT2D eigenvalue weighted by molar-refractivity contribution is -0.167. The predicted octanol–water partition coefficient (Wildman–Crippen LogP) is 18.3. The van der Waals surface area contributed by atoms with Gasteiger partial charge in [-0.2, -0.15) is 0 Å². The number of esters is 3. The van der Waals surface area contributed by atoms with E-state index in [2.05, 4.69) is 41.5 Å². The van der Waals surface area contributed by atoms with Crippen molar-refractivity contribution in [2.45, 2.75) is 317 Å². The van der Waals surface area contributed by atoms with Crippen molar-refractivity contribution >= 4 is 17.9 Å². The summed E-state index contributed by atoms with van der Waals surface area (Å²) in [6, 6.07) is 0. The van der Waals surface area contributed by atoms with Gasteiger partial charge in [-0.05, 0) is 37.0 Å². The summed E-state index contributed by atoms with van der Waals surface area (Å²) in [4.78, 5) is 38.0. The second-order valence-electron chi connectivity index (χ2n) is 20.8. The highest BCUT2D eigenvalue weighted by Crippen LogP contribution is 2.19. The van der Waals surface area contributed by atoms with Crippen LogP contribution in [0.15, 0.2) is 0 Å². The second-order valence-corrected chi connectivity index (χ2v) is 20.8. The van der Waals surface area contributed by atoms with Crippen LogP contribution in [0.2, 0.25) is 0 Å². The molecule has 6 nitrogen and oxygen atoms in total. The molecule has 0 aromatic heterocycles. The van der Waals surface area contributed by atoms with Crippen LogP contribution in [-0.4, -0.2) is 37.2 Å². The van der Waals surface area contributed by atoms with Gasteiger partial charge in [0.15, 0.2) is 6.10 Å². The number of carbonyl (C=O) groups is 3. The number of carbonyl (C=O) groups excluding carboxylic acids is 3. The zero-order chi connectivity index (χ0) is 46.3. The minimum absolute atomic E-state index is 0.0648. The van der Waals surface area contributed by atoms with Crippen molar-refractivity contribution in [3.63, 3.8) is 0 Å². The molecule has 0 saturated heterocycles. The van der Waals surface area contributed by atoms with E-state index in [-0.39, 0.29) is 31.1 Å². The lowest BCUT2D eigenvalue weighted by atomic mass is 9.99. The van der Waals surface area contributed by atoms with Crippen LogP contribution in [0.1, 0.15) is 311 Å². The van der Waals surface area contributed by atoms with Crippen LogP contribution < -0.4 is 0 Å². The quantitative estimate of drug-likeness (QED) is 0.0344. The van der Waals surface area contributed by atoms with Gasteiger partial charge in [0.25, 0.3) is 0 Å². The van der Waals surface area contributed by atoms with Gasteiger partial charge < -0.3 is 14.2 Å². The SMILES string of the molecule is CCC(C)CCCCCCCCCCCCCCCCCCCCC(=O)O[C@H](COC(=O)CCCCCCCCCCCCC(C)C)COC(=O)CCCCCCCCCC(C)C. The van der Waals surface area contributed by atoms with E-state index >= 15 is 0 Å². The molecule has 0 aliphatic heterocycles. The van der Waals surface area contributed by atoms with Crippen molar-refractivity contribution in [3.05, 3.63) is 0 Å². The molecule has 0 spiro atoms. The highest BCUT2D eigenvalue weighted by Gasteiger charge is 2.19. The van der Waals surface area contributed by atoms with E-state index in [1.807, 2.05) is 0 Å². The monoisotopic (exact) mass is 891 g/mol. The highest BCUT2D eigenvalue weighted by atomic mass is 16.6. The van der Waals surface area contributed by atoms with E-state index in [0.717, 1.165) is 75.5 Å². The van der Waals surface area contributed by atoms with Gasteiger partial charge in [0.1, 0.15) is 13.2 Å². The highest BCUT2D eigenvalue weighted by molar-refractivity contribution is 5.71. The predicted molar refractivity (Wildman–Crippen MR) is 270 cm³/mol. The molecule has 0 N–H and O–H groups in total. The Labute approximate surface area is 393 Å². The first-order valence-corrected chi connectivity index (χ1v) is 28.1. The molecule has 0 aliphatic rings. The summed E-state index contributed by atoms with van der Waals surface area (Å²) in [5.74, 6) is 1.66.